The Balaban J connectivity index is 1.90. The monoisotopic (exact) mass is 346 g/mol. The van der Waals surface area contributed by atoms with Gasteiger partial charge in [-0.05, 0) is 31.2 Å². The highest BCUT2D eigenvalue weighted by molar-refractivity contribution is 7.92. The number of ether oxygens (including phenoxy) is 1. The van der Waals surface area contributed by atoms with E-state index in [-0.39, 0.29) is 10.7 Å². The van der Waals surface area contributed by atoms with Crippen LogP contribution in [0.1, 0.15) is 17.3 Å². The molecule has 0 radical (unpaired) electrons. The third-order valence-corrected chi connectivity index (χ3v) is 5.24. The van der Waals surface area contributed by atoms with Crippen molar-refractivity contribution in [1.82, 2.24) is 0 Å². The highest BCUT2D eigenvalue weighted by Gasteiger charge is 2.19. The maximum absolute atomic E-state index is 12.5. The van der Waals surface area contributed by atoms with E-state index in [4.69, 9.17) is 4.74 Å². The van der Waals surface area contributed by atoms with Crippen molar-refractivity contribution in [2.24, 2.45) is 0 Å². The Kier molecular flexibility index (Phi) is 4.19. The average Bonchev–Trinajstić information content (AvgIpc) is 2.55. The van der Waals surface area contributed by atoms with Crippen molar-refractivity contribution in [2.75, 3.05) is 29.8 Å². The zero-order valence-corrected chi connectivity index (χ0v) is 14.3. The standard InChI is InChI=1S/C17H18N2O4S/c1-12(20)13-4-3-5-15(10-13)24(21,22)18-14-6-7-16-17(11-14)23-9-8-19(16)2/h3-7,10-11,18H,8-9H2,1-2H3. The molecule has 0 saturated heterocycles. The summed E-state index contributed by atoms with van der Waals surface area (Å²) in [6.07, 6.45) is 0. The number of hydrogen-bond donors (Lipinski definition) is 1. The molecule has 0 bridgehead atoms. The Morgan fingerprint density at radius 2 is 2.00 bits per heavy atom. The minimum atomic E-state index is -3.78. The van der Waals surface area contributed by atoms with E-state index in [1.54, 1.807) is 24.3 Å². The summed E-state index contributed by atoms with van der Waals surface area (Å²) in [5.74, 6) is 0.457. The van der Waals surface area contributed by atoms with E-state index in [1.165, 1.54) is 19.1 Å². The van der Waals surface area contributed by atoms with Gasteiger partial charge in [0, 0.05) is 18.7 Å². The quantitative estimate of drug-likeness (QED) is 0.861. The minimum Gasteiger partial charge on any atom is -0.489 e. The summed E-state index contributed by atoms with van der Waals surface area (Å²) in [4.78, 5) is 13.5. The molecule has 1 aliphatic rings. The van der Waals surface area contributed by atoms with Gasteiger partial charge in [0.15, 0.2) is 5.78 Å². The number of fused-ring (bicyclic) bond motifs is 1. The summed E-state index contributed by atoms with van der Waals surface area (Å²) in [5, 5.41) is 0. The van der Waals surface area contributed by atoms with Gasteiger partial charge >= 0.3 is 0 Å². The van der Waals surface area contributed by atoms with Gasteiger partial charge in [-0.15, -0.1) is 0 Å². The lowest BCUT2D eigenvalue weighted by molar-refractivity contribution is 0.101. The van der Waals surface area contributed by atoms with E-state index in [1.807, 2.05) is 18.0 Å². The van der Waals surface area contributed by atoms with E-state index in [0.717, 1.165) is 12.2 Å². The Labute approximate surface area is 141 Å². The molecule has 1 heterocycles. The van der Waals surface area contributed by atoms with Gasteiger partial charge in [-0.25, -0.2) is 8.42 Å². The van der Waals surface area contributed by atoms with Gasteiger partial charge < -0.3 is 9.64 Å². The summed E-state index contributed by atoms with van der Waals surface area (Å²) in [6, 6.07) is 11.1. The molecule has 24 heavy (non-hydrogen) atoms. The second-order valence-electron chi connectivity index (χ2n) is 5.64. The van der Waals surface area contributed by atoms with Crippen molar-refractivity contribution < 1.29 is 17.9 Å². The molecule has 126 valence electrons. The van der Waals surface area contributed by atoms with Crippen molar-refractivity contribution >= 4 is 27.2 Å². The number of anilines is 2. The number of nitrogens with one attached hydrogen (secondary N) is 1. The van der Waals surface area contributed by atoms with Crippen molar-refractivity contribution in [3.63, 3.8) is 0 Å². The maximum atomic E-state index is 12.5. The zero-order chi connectivity index (χ0) is 17.3. The fraction of sp³-hybridized carbons (Fsp3) is 0.235. The first-order valence-electron chi connectivity index (χ1n) is 7.48. The first kappa shape index (κ1) is 16.3. The molecule has 0 atom stereocenters. The highest BCUT2D eigenvalue weighted by atomic mass is 32.2. The number of likely N-dealkylation sites (N-methyl/N-ethyl adjacent to an activating group) is 1. The molecule has 0 unspecified atom stereocenters. The van der Waals surface area contributed by atoms with Gasteiger partial charge in [-0.2, -0.15) is 0 Å². The van der Waals surface area contributed by atoms with E-state index < -0.39 is 10.0 Å². The van der Waals surface area contributed by atoms with E-state index in [9.17, 15) is 13.2 Å². The van der Waals surface area contributed by atoms with Crippen LogP contribution in [0.4, 0.5) is 11.4 Å². The molecule has 6 nitrogen and oxygen atoms in total. The molecule has 2 aromatic carbocycles. The number of nitrogens with zero attached hydrogens (tertiary/aromatic N) is 1. The van der Waals surface area contributed by atoms with Crippen LogP contribution in [0.25, 0.3) is 0 Å². The van der Waals surface area contributed by atoms with Gasteiger partial charge in [-0.3, -0.25) is 9.52 Å². The number of hydrogen-bond acceptors (Lipinski definition) is 5. The van der Waals surface area contributed by atoms with E-state index in [2.05, 4.69) is 4.72 Å². The highest BCUT2D eigenvalue weighted by Crippen LogP contribution is 2.33. The van der Waals surface area contributed by atoms with Crippen LogP contribution in [-0.4, -0.2) is 34.4 Å². The lowest BCUT2D eigenvalue weighted by Crippen LogP contribution is -2.28. The van der Waals surface area contributed by atoms with Gasteiger partial charge in [0.1, 0.15) is 12.4 Å². The molecule has 0 spiro atoms. The summed E-state index contributed by atoms with van der Waals surface area (Å²) < 4.78 is 33.2. The molecular weight excluding hydrogens is 328 g/mol. The fourth-order valence-electron chi connectivity index (χ4n) is 2.52. The van der Waals surface area contributed by atoms with E-state index in [0.29, 0.717) is 23.6 Å². The van der Waals surface area contributed by atoms with Crippen LogP contribution in [0.5, 0.6) is 5.75 Å². The average molecular weight is 346 g/mol. The summed E-state index contributed by atoms with van der Waals surface area (Å²) >= 11 is 0. The number of sulfonamides is 1. The molecular formula is C17H18N2O4S. The van der Waals surface area contributed by atoms with Crippen LogP contribution in [-0.2, 0) is 10.0 Å². The van der Waals surface area contributed by atoms with Crippen molar-refractivity contribution in [3.8, 4) is 5.75 Å². The van der Waals surface area contributed by atoms with Gasteiger partial charge in [-0.1, -0.05) is 12.1 Å². The smallest absolute Gasteiger partial charge is 0.261 e. The molecule has 3 rings (SSSR count). The second-order valence-corrected chi connectivity index (χ2v) is 7.32. The third kappa shape index (κ3) is 3.21. The summed E-state index contributed by atoms with van der Waals surface area (Å²) in [5.41, 5.74) is 1.69. The van der Waals surface area contributed by atoms with Crippen LogP contribution in [0.3, 0.4) is 0 Å². The second kappa shape index (κ2) is 6.16. The number of ketones is 1. The van der Waals surface area contributed by atoms with Crippen LogP contribution >= 0.6 is 0 Å². The van der Waals surface area contributed by atoms with Gasteiger partial charge in [0.25, 0.3) is 10.0 Å². The first-order chi connectivity index (χ1) is 11.4. The lowest BCUT2D eigenvalue weighted by atomic mass is 10.2. The molecule has 0 amide bonds. The first-order valence-corrected chi connectivity index (χ1v) is 8.97. The summed E-state index contributed by atoms with van der Waals surface area (Å²) in [6.45, 7) is 2.74. The van der Waals surface area contributed by atoms with E-state index >= 15 is 0 Å². The number of carbonyl (C=O) groups excluding carboxylic acids is 1. The zero-order valence-electron chi connectivity index (χ0n) is 13.4. The fourth-order valence-corrected chi connectivity index (χ4v) is 3.61. The third-order valence-electron chi connectivity index (χ3n) is 3.86. The normalized spacial score (nSPS) is 13.8. The minimum absolute atomic E-state index is 0.0472. The number of benzene rings is 2. The molecule has 0 aliphatic carbocycles. The predicted molar refractivity (Wildman–Crippen MR) is 92.5 cm³/mol. The number of Topliss-reactive ketones (excluding diaryl/α,β-unsaturated/α-hetero) is 1. The molecule has 0 aromatic heterocycles. The summed E-state index contributed by atoms with van der Waals surface area (Å²) in [7, 11) is -1.82. The Hall–Kier alpha value is -2.54. The van der Waals surface area contributed by atoms with Crippen LogP contribution in [0.2, 0.25) is 0 Å². The molecule has 7 heteroatoms. The van der Waals surface area contributed by atoms with Gasteiger partial charge in [0.2, 0.25) is 0 Å². The van der Waals surface area contributed by atoms with Crippen molar-refractivity contribution in [2.45, 2.75) is 11.8 Å². The van der Waals surface area contributed by atoms with Crippen LogP contribution in [0, 0.1) is 0 Å². The SMILES string of the molecule is CC(=O)c1cccc(S(=O)(=O)Nc2ccc3c(c2)OCCN3C)c1. The number of rotatable bonds is 4. The maximum Gasteiger partial charge on any atom is 0.261 e. The Morgan fingerprint density at radius 1 is 1.21 bits per heavy atom. The largest absolute Gasteiger partial charge is 0.489 e. The van der Waals surface area contributed by atoms with Gasteiger partial charge in [0.05, 0.1) is 22.8 Å². The molecule has 0 fully saturated rings. The Morgan fingerprint density at radius 3 is 2.75 bits per heavy atom. The topological polar surface area (TPSA) is 75.7 Å². The molecule has 2 aromatic rings. The Bertz CT molecular complexity index is 893. The molecule has 1 aliphatic heterocycles. The molecule has 1 N–H and O–H groups in total. The van der Waals surface area contributed by atoms with Crippen molar-refractivity contribution in [3.05, 3.63) is 48.0 Å². The van der Waals surface area contributed by atoms with Crippen LogP contribution < -0.4 is 14.4 Å². The molecule has 0 saturated carbocycles. The number of carbonyl (C=O) groups is 1. The van der Waals surface area contributed by atoms with Crippen molar-refractivity contribution in [1.29, 1.82) is 0 Å². The van der Waals surface area contributed by atoms with Crippen LogP contribution in [0.15, 0.2) is 47.4 Å². The predicted octanol–water partition coefficient (Wildman–Crippen LogP) is 2.52. The lowest BCUT2D eigenvalue weighted by Gasteiger charge is -2.28.